The molecular formula is C19H15ClN4O2. The molecule has 2 aromatic heterocycles. The molecule has 6 nitrogen and oxygen atoms in total. The highest BCUT2D eigenvalue weighted by Crippen LogP contribution is 2.31. The number of ether oxygens (including phenoxy) is 1. The first kappa shape index (κ1) is 16.4. The highest BCUT2D eigenvalue weighted by Gasteiger charge is 2.10. The summed E-state index contributed by atoms with van der Waals surface area (Å²) >= 11 is 6.20. The molecule has 0 saturated heterocycles. The molecule has 0 saturated carbocycles. The summed E-state index contributed by atoms with van der Waals surface area (Å²) in [5.74, 6) is 1.04. The van der Waals surface area contributed by atoms with Crippen LogP contribution in [0.15, 0.2) is 60.8 Å². The largest absolute Gasteiger partial charge is 0.483 e. The van der Waals surface area contributed by atoms with Crippen LogP contribution in [-0.2, 0) is 11.3 Å². The number of fused-ring (bicyclic) bond motifs is 2. The van der Waals surface area contributed by atoms with E-state index in [9.17, 15) is 4.79 Å². The Labute approximate surface area is 154 Å². The zero-order valence-corrected chi connectivity index (χ0v) is 14.5. The van der Waals surface area contributed by atoms with Crippen molar-refractivity contribution in [1.82, 2.24) is 19.9 Å². The van der Waals surface area contributed by atoms with E-state index >= 15 is 0 Å². The lowest BCUT2D eigenvalue weighted by Crippen LogP contribution is -2.29. The standard InChI is InChI=1S/C19H15ClN4O2/c20-15-8-9-16(14-6-2-1-5-13(14)15)26-12-19(25)21-11-18-23-22-17-7-3-4-10-24(17)18/h1-10H,11-12H2,(H,21,25). The Balaban J connectivity index is 1.41. The van der Waals surface area contributed by atoms with Gasteiger partial charge in [-0.2, -0.15) is 0 Å². The zero-order chi connectivity index (χ0) is 17.9. The van der Waals surface area contributed by atoms with Gasteiger partial charge >= 0.3 is 0 Å². The van der Waals surface area contributed by atoms with Crippen LogP contribution in [0.4, 0.5) is 0 Å². The SMILES string of the molecule is O=C(COc1ccc(Cl)c2ccccc12)NCc1nnc2ccccn12. The van der Waals surface area contributed by atoms with Crippen molar-refractivity contribution in [2.45, 2.75) is 6.54 Å². The van der Waals surface area contributed by atoms with Gasteiger partial charge in [0.2, 0.25) is 0 Å². The summed E-state index contributed by atoms with van der Waals surface area (Å²) in [7, 11) is 0. The average Bonchev–Trinajstić information content (AvgIpc) is 3.09. The van der Waals surface area contributed by atoms with E-state index in [0.29, 0.717) is 16.6 Å². The van der Waals surface area contributed by atoms with Crippen LogP contribution in [0.5, 0.6) is 5.75 Å². The zero-order valence-electron chi connectivity index (χ0n) is 13.7. The quantitative estimate of drug-likeness (QED) is 0.588. The minimum atomic E-state index is -0.239. The van der Waals surface area contributed by atoms with E-state index in [-0.39, 0.29) is 19.1 Å². The Hall–Kier alpha value is -3.12. The maximum atomic E-state index is 12.1. The molecule has 1 amide bonds. The number of hydrogen-bond acceptors (Lipinski definition) is 4. The second-order valence-corrected chi connectivity index (χ2v) is 6.11. The van der Waals surface area contributed by atoms with Crippen LogP contribution in [0.3, 0.4) is 0 Å². The Morgan fingerprint density at radius 3 is 2.73 bits per heavy atom. The number of benzene rings is 2. The van der Waals surface area contributed by atoms with Crippen molar-refractivity contribution in [2.24, 2.45) is 0 Å². The maximum absolute atomic E-state index is 12.1. The van der Waals surface area contributed by atoms with Gasteiger partial charge in [-0.05, 0) is 24.3 Å². The molecule has 4 aromatic rings. The molecule has 26 heavy (non-hydrogen) atoms. The van der Waals surface area contributed by atoms with Gasteiger partial charge in [-0.15, -0.1) is 10.2 Å². The van der Waals surface area contributed by atoms with Gasteiger partial charge in [0.25, 0.3) is 5.91 Å². The van der Waals surface area contributed by atoms with Crippen LogP contribution in [-0.4, -0.2) is 27.1 Å². The average molecular weight is 367 g/mol. The number of amides is 1. The number of hydrogen-bond donors (Lipinski definition) is 1. The summed E-state index contributed by atoms with van der Waals surface area (Å²) in [6.45, 7) is 0.178. The van der Waals surface area contributed by atoms with Crippen molar-refractivity contribution in [1.29, 1.82) is 0 Å². The van der Waals surface area contributed by atoms with E-state index in [4.69, 9.17) is 16.3 Å². The molecule has 0 aliphatic carbocycles. The molecule has 0 fully saturated rings. The van der Waals surface area contributed by atoms with E-state index < -0.39 is 0 Å². The van der Waals surface area contributed by atoms with Crippen LogP contribution in [0.25, 0.3) is 16.4 Å². The third-order valence-electron chi connectivity index (χ3n) is 4.02. The Morgan fingerprint density at radius 2 is 1.85 bits per heavy atom. The van der Waals surface area contributed by atoms with Crippen molar-refractivity contribution in [3.63, 3.8) is 0 Å². The number of rotatable bonds is 5. The Morgan fingerprint density at radius 1 is 1.04 bits per heavy atom. The van der Waals surface area contributed by atoms with Gasteiger partial charge in [0.15, 0.2) is 18.1 Å². The lowest BCUT2D eigenvalue weighted by atomic mass is 10.1. The number of carbonyl (C=O) groups excluding carboxylic acids is 1. The van der Waals surface area contributed by atoms with Crippen molar-refractivity contribution in [3.8, 4) is 5.75 Å². The summed E-state index contributed by atoms with van der Waals surface area (Å²) in [5, 5.41) is 13.3. The predicted molar refractivity (Wildman–Crippen MR) is 99.3 cm³/mol. The summed E-state index contributed by atoms with van der Waals surface area (Å²) in [6.07, 6.45) is 1.85. The predicted octanol–water partition coefficient (Wildman–Crippen LogP) is 3.23. The number of aromatic nitrogens is 3. The number of carbonyl (C=O) groups is 1. The van der Waals surface area contributed by atoms with Crippen molar-refractivity contribution in [3.05, 3.63) is 71.6 Å². The van der Waals surface area contributed by atoms with Crippen LogP contribution < -0.4 is 10.1 Å². The molecule has 130 valence electrons. The van der Waals surface area contributed by atoms with E-state index in [1.807, 2.05) is 53.1 Å². The topological polar surface area (TPSA) is 68.5 Å². The molecular weight excluding hydrogens is 352 g/mol. The first-order valence-electron chi connectivity index (χ1n) is 8.08. The first-order valence-corrected chi connectivity index (χ1v) is 8.45. The van der Waals surface area contributed by atoms with Gasteiger partial charge in [-0.1, -0.05) is 41.9 Å². The monoisotopic (exact) mass is 366 g/mol. The van der Waals surface area contributed by atoms with Crippen LogP contribution in [0.2, 0.25) is 5.02 Å². The van der Waals surface area contributed by atoms with E-state index in [1.54, 1.807) is 12.1 Å². The number of halogens is 1. The van der Waals surface area contributed by atoms with E-state index in [1.165, 1.54) is 0 Å². The van der Waals surface area contributed by atoms with Crippen LogP contribution in [0, 0.1) is 0 Å². The van der Waals surface area contributed by atoms with Crippen LogP contribution >= 0.6 is 11.6 Å². The molecule has 0 aliphatic heterocycles. The third kappa shape index (κ3) is 3.19. The smallest absolute Gasteiger partial charge is 0.258 e. The number of nitrogens with zero attached hydrogens (tertiary/aromatic N) is 3. The second kappa shape index (κ2) is 7.01. The highest BCUT2D eigenvalue weighted by molar-refractivity contribution is 6.35. The fraction of sp³-hybridized carbons (Fsp3) is 0.105. The van der Waals surface area contributed by atoms with Gasteiger partial charge < -0.3 is 10.1 Å². The summed E-state index contributed by atoms with van der Waals surface area (Å²) in [5.41, 5.74) is 0.737. The molecule has 7 heteroatoms. The summed E-state index contributed by atoms with van der Waals surface area (Å²) in [4.78, 5) is 12.1. The molecule has 4 rings (SSSR count). The van der Waals surface area contributed by atoms with Gasteiger partial charge in [0, 0.05) is 22.0 Å². The van der Waals surface area contributed by atoms with Crippen molar-refractivity contribution in [2.75, 3.05) is 6.61 Å². The van der Waals surface area contributed by atoms with Gasteiger partial charge in [0.1, 0.15) is 5.75 Å². The maximum Gasteiger partial charge on any atom is 0.258 e. The highest BCUT2D eigenvalue weighted by atomic mass is 35.5. The lowest BCUT2D eigenvalue weighted by Gasteiger charge is -2.10. The molecule has 0 aliphatic rings. The molecule has 0 atom stereocenters. The molecule has 0 bridgehead atoms. The van der Waals surface area contributed by atoms with E-state index in [0.717, 1.165) is 16.4 Å². The van der Waals surface area contributed by atoms with Gasteiger partial charge in [0.05, 0.1) is 6.54 Å². The van der Waals surface area contributed by atoms with Gasteiger partial charge in [-0.25, -0.2) is 0 Å². The fourth-order valence-electron chi connectivity index (χ4n) is 2.74. The normalized spacial score (nSPS) is 11.0. The lowest BCUT2D eigenvalue weighted by molar-refractivity contribution is -0.123. The fourth-order valence-corrected chi connectivity index (χ4v) is 2.97. The number of nitrogens with one attached hydrogen (secondary N) is 1. The van der Waals surface area contributed by atoms with Crippen molar-refractivity contribution >= 4 is 33.9 Å². The Bertz CT molecular complexity index is 1090. The molecule has 0 unspecified atom stereocenters. The minimum Gasteiger partial charge on any atom is -0.483 e. The number of pyridine rings is 1. The third-order valence-corrected chi connectivity index (χ3v) is 4.35. The first-order chi connectivity index (χ1) is 12.7. The van der Waals surface area contributed by atoms with Crippen molar-refractivity contribution < 1.29 is 9.53 Å². The Kier molecular flexibility index (Phi) is 4.41. The van der Waals surface area contributed by atoms with Crippen LogP contribution in [0.1, 0.15) is 5.82 Å². The molecule has 2 aromatic carbocycles. The molecule has 2 heterocycles. The van der Waals surface area contributed by atoms with Gasteiger partial charge in [-0.3, -0.25) is 9.20 Å². The minimum absolute atomic E-state index is 0.0949. The second-order valence-electron chi connectivity index (χ2n) is 5.70. The molecule has 1 N–H and O–H groups in total. The summed E-state index contributed by atoms with van der Waals surface area (Å²) < 4.78 is 7.51. The summed E-state index contributed by atoms with van der Waals surface area (Å²) in [6, 6.07) is 16.8. The molecule has 0 spiro atoms. The molecule has 0 radical (unpaired) electrons. The van der Waals surface area contributed by atoms with E-state index in [2.05, 4.69) is 15.5 Å².